The van der Waals surface area contributed by atoms with E-state index in [1.807, 2.05) is 0 Å². The van der Waals surface area contributed by atoms with Gasteiger partial charge in [0.1, 0.15) is 6.29 Å². The Balaban J connectivity index is 1.99. The zero-order valence-electron chi connectivity index (χ0n) is 8.39. The van der Waals surface area contributed by atoms with Gasteiger partial charge in [-0.25, -0.2) is 0 Å². The number of carbonyl (C=O) groups excluding carboxylic acids is 3. The standard InChI is InChI=1S/C11H13NO3/c13-7-8-1-3-9(4-2-8)12-10(14)5-6-11(12)15/h5-9H,1-4H2. The summed E-state index contributed by atoms with van der Waals surface area (Å²) < 4.78 is 0. The van der Waals surface area contributed by atoms with Gasteiger partial charge in [0.05, 0.1) is 0 Å². The molecule has 15 heavy (non-hydrogen) atoms. The number of hydrogen-bond acceptors (Lipinski definition) is 3. The normalized spacial score (nSPS) is 31.1. The van der Waals surface area contributed by atoms with E-state index in [2.05, 4.69) is 0 Å². The predicted molar refractivity (Wildman–Crippen MR) is 52.8 cm³/mol. The minimum absolute atomic E-state index is 0.00352. The molecular formula is C11H13NO3. The van der Waals surface area contributed by atoms with Gasteiger partial charge in [-0.3, -0.25) is 14.5 Å². The fourth-order valence-electron chi connectivity index (χ4n) is 2.27. The SMILES string of the molecule is O=CC1CCC(N2C(=O)C=CC2=O)CC1. The number of aldehydes is 1. The Kier molecular flexibility index (Phi) is 2.66. The zero-order valence-corrected chi connectivity index (χ0v) is 8.39. The highest BCUT2D eigenvalue weighted by Crippen LogP contribution is 2.27. The highest BCUT2D eigenvalue weighted by molar-refractivity contribution is 6.13. The molecule has 80 valence electrons. The molecule has 0 atom stereocenters. The predicted octanol–water partition coefficient (Wildman–Crippen LogP) is 0.669. The molecule has 1 saturated carbocycles. The average molecular weight is 207 g/mol. The van der Waals surface area contributed by atoms with Crippen LogP contribution in [0.25, 0.3) is 0 Å². The summed E-state index contributed by atoms with van der Waals surface area (Å²) in [6.07, 6.45) is 6.67. The lowest BCUT2D eigenvalue weighted by molar-refractivity contribution is -0.140. The van der Waals surface area contributed by atoms with E-state index >= 15 is 0 Å². The smallest absolute Gasteiger partial charge is 0.253 e. The Bertz CT molecular complexity index is 309. The summed E-state index contributed by atoms with van der Waals surface area (Å²) in [7, 11) is 0. The van der Waals surface area contributed by atoms with Gasteiger partial charge in [-0.05, 0) is 25.7 Å². The van der Waals surface area contributed by atoms with Crippen molar-refractivity contribution in [1.82, 2.24) is 4.90 Å². The van der Waals surface area contributed by atoms with Crippen molar-refractivity contribution in [2.24, 2.45) is 5.92 Å². The number of hydrogen-bond donors (Lipinski definition) is 0. The van der Waals surface area contributed by atoms with Crippen molar-refractivity contribution in [2.75, 3.05) is 0 Å². The molecule has 1 aliphatic carbocycles. The third-order valence-corrected chi connectivity index (χ3v) is 3.14. The molecule has 0 aromatic rings. The molecule has 1 aliphatic heterocycles. The van der Waals surface area contributed by atoms with Crippen LogP contribution in [-0.4, -0.2) is 29.0 Å². The van der Waals surface area contributed by atoms with Crippen LogP contribution in [0.15, 0.2) is 12.2 Å². The quantitative estimate of drug-likeness (QED) is 0.494. The molecule has 2 amide bonds. The van der Waals surface area contributed by atoms with Crippen LogP contribution < -0.4 is 0 Å². The summed E-state index contributed by atoms with van der Waals surface area (Å²) in [5, 5.41) is 0. The van der Waals surface area contributed by atoms with E-state index in [-0.39, 0.29) is 23.8 Å². The van der Waals surface area contributed by atoms with Gasteiger partial charge in [0.2, 0.25) is 0 Å². The third kappa shape index (κ3) is 1.84. The Hall–Kier alpha value is -1.45. The maximum absolute atomic E-state index is 11.4. The van der Waals surface area contributed by atoms with Crippen molar-refractivity contribution in [3.8, 4) is 0 Å². The van der Waals surface area contributed by atoms with Crippen molar-refractivity contribution >= 4 is 18.1 Å². The van der Waals surface area contributed by atoms with Gasteiger partial charge < -0.3 is 4.79 Å². The largest absolute Gasteiger partial charge is 0.303 e. The number of carbonyl (C=O) groups is 3. The Morgan fingerprint density at radius 1 is 1.07 bits per heavy atom. The van der Waals surface area contributed by atoms with E-state index in [4.69, 9.17) is 0 Å². The molecule has 4 heteroatoms. The van der Waals surface area contributed by atoms with Crippen LogP contribution >= 0.6 is 0 Å². The van der Waals surface area contributed by atoms with Gasteiger partial charge in [-0.15, -0.1) is 0 Å². The lowest BCUT2D eigenvalue weighted by Gasteiger charge is -2.31. The number of amides is 2. The maximum Gasteiger partial charge on any atom is 0.253 e. The van der Waals surface area contributed by atoms with E-state index < -0.39 is 0 Å². The highest BCUT2D eigenvalue weighted by Gasteiger charge is 2.33. The topological polar surface area (TPSA) is 54.5 Å². The zero-order chi connectivity index (χ0) is 10.8. The lowest BCUT2D eigenvalue weighted by Crippen LogP contribution is -2.42. The first kappa shape index (κ1) is 10.1. The van der Waals surface area contributed by atoms with Crippen LogP contribution in [-0.2, 0) is 14.4 Å². The van der Waals surface area contributed by atoms with Gasteiger partial charge in [0, 0.05) is 24.1 Å². The molecular weight excluding hydrogens is 194 g/mol. The monoisotopic (exact) mass is 207 g/mol. The van der Waals surface area contributed by atoms with Crippen molar-refractivity contribution in [1.29, 1.82) is 0 Å². The fraction of sp³-hybridized carbons (Fsp3) is 0.545. The Morgan fingerprint density at radius 2 is 1.60 bits per heavy atom. The molecule has 0 N–H and O–H groups in total. The van der Waals surface area contributed by atoms with Gasteiger partial charge in [0.25, 0.3) is 11.8 Å². The summed E-state index contributed by atoms with van der Waals surface area (Å²) in [4.78, 5) is 34.6. The Morgan fingerprint density at radius 3 is 2.07 bits per heavy atom. The fourth-order valence-corrected chi connectivity index (χ4v) is 2.27. The lowest BCUT2D eigenvalue weighted by atomic mass is 9.86. The minimum atomic E-state index is -0.213. The van der Waals surface area contributed by atoms with Crippen LogP contribution in [0.4, 0.5) is 0 Å². The second kappa shape index (κ2) is 3.96. The van der Waals surface area contributed by atoms with Crippen LogP contribution in [0.3, 0.4) is 0 Å². The molecule has 0 radical (unpaired) electrons. The summed E-state index contributed by atoms with van der Waals surface area (Å²) in [6.45, 7) is 0. The molecule has 2 rings (SSSR count). The number of nitrogens with zero attached hydrogens (tertiary/aromatic N) is 1. The van der Waals surface area contributed by atoms with Gasteiger partial charge in [-0.1, -0.05) is 0 Å². The first-order chi connectivity index (χ1) is 7.22. The van der Waals surface area contributed by atoms with E-state index in [0.717, 1.165) is 32.0 Å². The van der Waals surface area contributed by atoms with E-state index in [1.165, 1.54) is 17.1 Å². The van der Waals surface area contributed by atoms with Crippen molar-refractivity contribution in [3.05, 3.63) is 12.2 Å². The summed E-state index contributed by atoms with van der Waals surface area (Å²) >= 11 is 0. The van der Waals surface area contributed by atoms with E-state index in [9.17, 15) is 14.4 Å². The average Bonchev–Trinajstić information content (AvgIpc) is 2.59. The van der Waals surface area contributed by atoms with Crippen LogP contribution in [0.2, 0.25) is 0 Å². The maximum atomic E-state index is 11.4. The molecule has 4 nitrogen and oxygen atoms in total. The van der Waals surface area contributed by atoms with Crippen LogP contribution in [0.5, 0.6) is 0 Å². The van der Waals surface area contributed by atoms with E-state index in [0.29, 0.717) is 0 Å². The molecule has 1 heterocycles. The van der Waals surface area contributed by atoms with Gasteiger partial charge >= 0.3 is 0 Å². The molecule has 0 bridgehead atoms. The Labute approximate surface area is 87.9 Å². The first-order valence-electron chi connectivity index (χ1n) is 5.23. The first-order valence-corrected chi connectivity index (χ1v) is 5.23. The van der Waals surface area contributed by atoms with Crippen molar-refractivity contribution in [2.45, 2.75) is 31.7 Å². The van der Waals surface area contributed by atoms with Crippen LogP contribution in [0.1, 0.15) is 25.7 Å². The number of rotatable bonds is 2. The number of imide groups is 1. The summed E-state index contributed by atoms with van der Waals surface area (Å²) in [6, 6.07) is -0.00352. The molecule has 0 saturated heterocycles. The minimum Gasteiger partial charge on any atom is -0.303 e. The second-order valence-electron chi connectivity index (χ2n) is 4.08. The second-order valence-corrected chi connectivity index (χ2v) is 4.08. The van der Waals surface area contributed by atoms with Gasteiger partial charge in [-0.2, -0.15) is 0 Å². The van der Waals surface area contributed by atoms with Crippen LogP contribution in [0, 0.1) is 5.92 Å². The van der Waals surface area contributed by atoms with Crippen molar-refractivity contribution < 1.29 is 14.4 Å². The molecule has 0 spiro atoms. The molecule has 0 unspecified atom stereocenters. The molecule has 0 aromatic carbocycles. The third-order valence-electron chi connectivity index (χ3n) is 3.14. The summed E-state index contributed by atoms with van der Waals surface area (Å²) in [5.41, 5.74) is 0. The molecule has 1 fully saturated rings. The van der Waals surface area contributed by atoms with E-state index in [1.54, 1.807) is 0 Å². The highest BCUT2D eigenvalue weighted by atomic mass is 16.2. The molecule has 2 aliphatic rings. The molecule has 0 aromatic heterocycles. The van der Waals surface area contributed by atoms with Crippen molar-refractivity contribution in [3.63, 3.8) is 0 Å². The summed E-state index contributed by atoms with van der Waals surface area (Å²) in [5.74, 6) is -0.314. The van der Waals surface area contributed by atoms with Gasteiger partial charge in [0.15, 0.2) is 0 Å².